The van der Waals surface area contributed by atoms with Crippen molar-refractivity contribution in [3.05, 3.63) is 0 Å². The SMILES string of the molecule is N#[C][Fe].[CaH2]. The Morgan fingerprint density at radius 2 is 1.75 bits per heavy atom. The van der Waals surface area contributed by atoms with E-state index in [1.165, 1.54) is 4.97 Å². The molecule has 0 aliphatic carbocycles. The summed E-state index contributed by atoms with van der Waals surface area (Å²) in [6.07, 6.45) is 0. The van der Waals surface area contributed by atoms with Gasteiger partial charge in [-0.05, 0) is 0 Å². The van der Waals surface area contributed by atoms with Crippen molar-refractivity contribution in [3.63, 3.8) is 0 Å². The number of nitriles is 1. The van der Waals surface area contributed by atoms with E-state index >= 15 is 0 Å². The van der Waals surface area contributed by atoms with Gasteiger partial charge in [0, 0.05) is 0 Å². The maximum absolute atomic E-state index is 7.21. The van der Waals surface area contributed by atoms with Crippen LogP contribution in [-0.4, -0.2) is 37.7 Å². The van der Waals surface area contributed by atoms with E-state index in [2.05, 4.69) is 16.0 Å². The molecule has 4 heavy (non-hydrogen) atoms. The third kappa shape index (κ3) is 10.5. The van der Waals surface area contributed by atoms with E-state index in [1.54, 1.807) is 0 Å². The van der Waals surface area contributed by atoms with Crippen molar-refractivity contribution >= 4 is 37.7 Å². The molecule has 0 atom stereocenters. The fraction of sp³-hybridized carbons (Fsp3) is 0. The second-order valence-corrected chi connectivity index (χ2v) is 0.326. The maximum atomic E-state index is 7.21. The zero-order chi connectivity index (χ0) is 2.71. The molecule has 0 amide bonds. The molecule has 0 unspecified atom stereocenters. The van der Waals surface area contributed by atoms with Crippen LogP contribution in [-0.2, 0) is 16.0 Å². The third-order valence-electron chi connectivity index (χ3n) is 0. The zero-order valence-corrected chi connectivity index (χ0v) is 2.40. The van der Waals surface area contributed by atoms with E-state index < -0.39 is 0 Å². The molecule has 0 spiro atoms. The van der Waals surface area contributed by atoms with Crippen molar-refractivity contribution in [2.24, 2.45) is 0 Å². The summed E-state index contributed by atoms with van der Waals surface area (Å²) in [7, 11) is 0. The Kier molecular flexibility index (Phi) is 19.9. The number of rotatable bonds is 0. The monoisotopic (exact) mass is 124 g/mol. The van der Waals surface area contributed by atoms with Crippen molar-refractivity contribution in [2.75, 3.05) is 0 Å². The van der Waals surface area contributed by atoms with Gasteiger partial charge < -0.3 is 0 Å². The van der Waals surface area contributed by atoms with Crippen molar-refractivity contribution in [1.82, 2.24) is 0 Å². The zero-order valence-electron chi connectivity index (χ0n) is 1.30. The number of hydrogen-bond donors (Lipinski definition) is 0. The average molecular weight is 124 g/mol. The van der Waals surface area contributed by atoms with E-state index in [4.69, 9.17) is 5.26 Å². The summed E-state index contributed by atoms with van der Waals surface area (Å²) in [6, 6.07) is 0. The van der Waals surface area contributed by atoms with E-state index in [0.717, 1.165) is 0 Å². The quantitative estimate of drug-likeness (QED) is 0.384. The van der Waals surface area contributed by atoms with E-state index in [9.17, 15) is 0 Å². The molecule has 3 heteroatoms. The van der Waals surface area contributed by atoms with Gasteiger partial charge in [-0.25, -0.2) is 0 Å². The molecule has 0 aromatic heterocycles. The molecular weight excluding hydrogens is 122 g/mol. The summed E-state index contributed by atoms with van der Waals surface area (Å²) in [6.45, 7) is 0. The fourth-order valence-electron chi connectivity index (χ4n) is 0. The Hall–Kier alpha value is 1.27. The van der Waals surface area contributed by atoms with E-state index in [0.29, 0.717) is 0 Å². The van der Waals surface area contributed by atoms with Crippen LogP contribution in [0.4, 0.5) is 0 Å². The van der Waals surface area contributed by atoms with Gasteiger partial charge in [-0.15, -0.1) is 0 Å². The predicted octanol–water partition coefficient (Wildman–Crippen LogP) is -0.902. The minimum atomic E-state index is 0. The van der Waals surface area contributed by atoms with Crippen LogP contribution in [0.5, 0.6) is 0 Å². The van der Waals surface area contributed by atoms with Gasteiger partial charge in [-0.3, -0.25) is 0 Å². The first-order valence-electron chi connectivity index (χ1n) is 0.400. The second-order valence-electron chi connectivity index (χ2n) is 0.0791. The standard InChI is InChI=1S/CN.Ca.Fe.2H/c1-2;;;;. The first-order chi connectivity index (χ1) is 1.41. The van der Waals surface area contributed by atoms with Gasteiger partial charge in [-0.1, -0.05) is 0 Å². The third-order valence-corrected chi connectivity index (χ3v) is 0. The van der Waals surface area contributed by atoms with Crippen LogP contribution in [0, 0.1) is 10.2 Å². The summed E-state index contributed by atoms with van der Waals surface area (Å²) >= 11 is 2.79. The van der Waals surface area contributed by atoms with Crippen molar-refractivity contribution in [3.8, 4) is 4.97 Å². The molecule has 0 rings (SSSR count). The van der Waals surface area contributed by atoms with Crippen LogP contribution in [0.3, 0.4) is 0 Å². The summed E-state index contributed by atoms with van der Waals surface area (Å²) in [5.41, 5.74) is 0. The van der Waals surface area contributed by atoms with Crippen LogP contribution >= 0.6 is 0 Å². The molecule has 1 nitrogen and oxygen atoms in total. The molecule has 0 aliphatic heterocycles. The molecule has 21 valence electrons. The molecule has 0 fully saturated rings. The normalized spacial score (nSPS) is 2.00. The first-order valence-corrected chi connectivity index (χ1v) is 0.952. The minimum absolute atomic E-state index is 0. The van der Waals surface area contributed by atoms with Crippen molar-refractivity contribution < 1.29 is 16.0 Å². The second kappa shape index (κ2) is 8.86. The van der Waals surface area contributed by atoms with Crippen LogP contribution in [0.25, 0.3) is 0 Å². The van der Waals surface area contributed by atoms with Gasteiger partial charge in [0.05, 0.1) is 0 Å². The molecule has 0 heterocycles. The van der Waals surface area contributed by atoms with Crippen LogP contribution < -0.4 is 0 Å². The van der Waals surface area contributed by atoms with Gasteiger partial charge in [0.1, 0.15) is 0 Å². The molecule has 0 bridgehead atoms. The molecule has 0 saturated heterocycles. The van der Waals surface area contributed by atoms with Crippen LogP contribution in [0.2, 0.25) is 0 Å². The first kappa shape index (κ1) is 8.99. The topological polar surface area (TPSA) is 23.8 Å². The average Bonchev–Trinajstić information content (AvgIpc) is 0.918. The van der Waals surface area contributed by atoms with Gasteiger partial charge in [-0.2, -0.15) is 0 Å². The summed E-state index contributed by atoms with van der Waals surface area (Å²) in [5.74, 6) is 0. The summed E-state index contributed by atoms with van der Waals surface area (Å²) < 4.78 is 0. The van der Waals surface area contributed by atoms with Gasteiger partial charge >= 0.3 is 64.0 Å². The molecule has 0 aromatic rings. The molecular formula is CH2CaFeN. The van der Waals surface area contributed by atoms with Gasteiger partial charge in [0.25, 0.3) is 0 Å². The number of nitrogens with zero attached hydrogens (tertiary/aromatic N) is 1. The molecule has 0 N–H and O–H groups in total. The fourth-order valence-corrected chi connectivity index (χ4v) is 0. The van der Waals surface area contributed by atoms with Crippen LogP contribution in [0.15, 0.2) is 0 Å². The Balaban J connectivity index is 0. The Labute approximate surface area is 63.2 Å². The van der Waals surface area contributed by atoms with Gasteiger partial charge in [0.15, 0.2) is 0 Å². The predicted molar refractivity (Wildman–Crippen MR) is 14.2 cm³/mol. The van der Waals surface area contributed by atoms with E-state index in [1.807, 2.05) is 0 Å². The van der Waals surface area contributed by atoms with Crippen LogP contribution in [0.1, 0.15) is 0 Å². The molecule has 0 aliphatic rings. The number of hydrogen-bond acceptors (Lipinski definition) is 1. The van der Waals surface area contributed by atoms with Crippen molar-refractivity contribution in [2.45, 2.75) is 0 Å². The molecule has 0 radical (unpaired) electrons. The van der Waals surface area contributed by atoms with E-state index in [-0.39, 0.29) is 37.7 Å². The Morgan fingerprint density at radius 3 is 1.75 bits per heavy atom. The Bertz CT molecular complexity index is 29.5. The summed E-state index contributed by atoms with van der Waals surface area (Å²) in [4.78, 5) is 1.50. The Morgan fingerprint density at radius 1 is 1.75 bits per heavy atom. The van der Waals surface area contributed by atoms with Crippen molar-refractivity contribution in [1.29, 1.82) is 5.26 Å². The van der Waals surface area contributed by atoms with Gasteiger partial charge in [0.2, 0.25) is 0 Å². The molecule has 0 saturated carbocycles. The summed E-state index contributed by atoms with van der Waals surface area (Å²) in [5, 5.41) is 7.21. The molecule has 0 aromatic carbocycles.